The van der Waals surface area contributed by atoms with Gasteiger partial charge in [0.05, 0.1) is 26.4 Å². The van der Waals surface area contributed by atoms with Crippen molar-refractivity contribution < 1.29 is 80.2 Å². The van der Waals surface area contributed by atoms with Crippen LogP contribution in [-0.4, -0.2) is 96.7 Å². The molecule has 3 N–H and O–H groups in total. The van der Waals surface area contributed by atoms with Crippen LogP contribution in [0.2, 0.25) is 0 Å². The van der Waals surface area contributed by atoms with E-state index in [0.29, 0.717) is 25.7 Å². The summed E-state index contributed by atoms with van der Waals surface area (Å²) < 4.78 is 69.0. The quantitative estimate of drug-likeness (QED) is 0.0222. The minimum absolute atomic E-state index is 0.108. The molecule has 0 aromatic carbocycles. The fraction of sp³-hybridized carbons (Fsp3) is 0.956. The lowest BCUT2D eigenvalue weighted by atomic mass is 9.99. The average Bonchev–Trinajstić information content (AvgIpc) is 0.896. The SMILES string of the molecule is CCCCCCCCCCCCCCCCCCCCCC(=O)OC[C@H](COP(=O)(O)OC[C@@H](O)COP(=O)(O)OC[C@@H](COC(=O)CCCCCCCCCCC(C)C)OC(=O)CCCCCCCCCCCCCCCCCCC)OC(=O)CCCCCCCCCCCCCCCCCCCCC(C)CC. The van der Waals surface area contributed by atoms with Crippen LogP contribution in [0.1, 0.15) is 485 Å². The van der Waals surface area contributed by atoms with Gasteiger partial charge in [-0.1, -0.05) is 433 Å². The zero-order chi connectivity index (χ0) is 79.9. The first-order chi connectivity index (χ1) is 52.9. The van der Waals surface area contributed by atoms with Crippen LogP contribution in [0.4, 0.5) is 0 Å². The maximum Gasteiger partial charge on any atom is 0.472 e. The summed E-state index contributed by atoms with van der Waals surface area (Å²) in [4.78, 5) is 73.4. The number of carbonyl (C=O) groups excluding carboxylic acids is 4. The van der Waals surface area contributed by atoms with Crippen molar-refractivity contribution in [1.82, 2.24) is 0 Å². The molecular formula is C90H176O17P2. The Morgan fingerprint density at radius 3 is 0.697 bits per heavy atom. The van der Waals surface area contributed by atoms with Gasteiger partial charge in [-0.25, -0.2) is 9.13 Å². The fourth-order valence-corrected chi connectivity index (χ4v) is 15.7. The van der Waals surface area contributed by atoms with Crippen molar-refractivity contribution >= 4 is 39.5 Å². The minimum Gasteiger partial charge on any atom is -0.462 e. The molecule has 0 aliphatic rings. The third-order valence-corrected chi connectivity index (χ3v) is 23.5. The highest BCUT2D eigenvalue weighted by Gasteiger charge is 2.31. The topological polar surface area (TPSA) is 237 Å². The number of ether oxygens (including phenoxy) is 4. The Bertz CT molecular complexity index is 2080. The Hall–Kier alpha value is -1.94. The van der Waals surface area contributed by atoms with Crippen molar-refractivity contribution in [3.63, 3.8) is 0 Å². The normalized spacial score (nSPS) is 14.0. The van der Waals surface area contributed by atoms with Crippen LogP contribution in [0.25, 0.3) is 0 Å². The van der Waals surface area contributed by atoms with Crippen molar-refractivity contribution in [2.24, 2.45) is 11.8 Å². The maximum atomic E-state index is 13.2. The third-order valence-electron chi connectivity index (χ3n) is 21.6. The number of aliphatic hydroxyl groups is 1. The Morgan fingerprint density at radius 2 is 0.468 bits per heavy atom. The Kier molecular flexibility index (Phi) is 79.8. The van der Waals surface area contributed by atoms with Crippen molar-refractivity contribution in [1.29, 1.82) is 0 Å². The predicted octanol–water partition coefficient (Wildman–Crippen LogP) is 27.8. The first kappa shape index (κ1) is 107. The number of esters is 4. The lowest BCUT2D eigenvalue weighted by Gasteiger charge is -2.21. The predicted molar refractivity (Wildman–Crippen MR) is 451 cm³/mol. The van der Waals surface area contributed by atoms with Crippen LogP contribution in [0, 0.1) is 11.8 Å². The summed E-state index contributed by atoms with van der Waals surface area (Å²) >= 11 is 0. The van der Waals surface area contributed by atoms with Crippen LogP contribution < -0.4 is 0 Å². The van der Waals surface area contributed by atoms with Crippen LogP contribution >= 0.6 is 15.6 Å². The number of rotatable bonds is 89. The van der Waals surface area contributed by atoms with E-state index in [0.717, 1.165) is 102 Å². The summed E-state index contributed by atoms with van der Waals surface area (Å²) in [6.07, 6.45) is 75.1. The molecular weight excluding hydrogens is 1410 g/mol. The highest BCUT2D eigenvalue weighted by molar-refractivity contribution is 7.47. The smallest absolute Gasteiger partial charge is 0.462 e. The number of hydrogen-bond acceptors (Lipinski definition) is 15. The van der Waals surface area contributed by atoms with Gasteiger partial charge < -0.3 is 33.8 Å². The van der Waals surface area contributed by atoms with E-state index in [1.807, 2.05) is 0 Å². The number of aliphatic hydroxyl groups excluding tert-OH is 1. The number of unbranched alkanes of at least 4 members (excludes halogenated alkanes) is 58. The highest BCUT2D eigenvalue weighted by atomic mass is 31.2. The highest BCUT2D eigenvalue weighted by Crippen LogP contribution is 2.45. The van der Waals surface area contributed by atoms with Crippen molar-refractivity contribution in [2.75, 3.05) is 39.6 Å². The van der Waals surface area contributed by atoms with E-state index in [4.69, 9.17) is 37.0 Å². The van der Waals surface area contributed by atoms with Gasteiger partial charge in [-0.05, 0) is 37.5 Å². The van der Waals surface area contributed by atoms with Crippen LogP contribution in [0.5, 0.6) is 0 Å². The average molecular weight is 1590 g/mol. The zero-order valence-corrected chi connectivity index (χ0v) is 73.7. The van der Waals surface area contributed by atoms with Crippen LogP contribution in [0.3, 0.4) is 0 Å². The monoisotopic (exact) mass is 1590 g/mol. The van der Waals surface area contributed by atoms with E-state index >= 15 is 0 Å². The molecule has 109 heavy (non-hydrogen) atoms. The summed E-state index contributed by atoms with van der Waals surface area (Å²) in [5.74, 6) is -0.500. The summed E-state index contributed by atoms with van der Waals surface area (Å²) in [6, 6.07) is 0. The van der Waals surface area contributed by atoms with E-state index in [2.05, 4.69) is 41.5 Å². The molecule has 19 heteroatoms. The molecule has 0 amide bonds. The maximum absolute atomic E-state index is 13.2. The largest absolute Gasteiger partial charge is 0.472 e. The summed E-state index contributed by atoms with van der Waals surface area (Å²) in [5.41, 5.74) is 0. The van der Waals surface area contributed by atoms with Gasteiger partial charge in [-0.2, -0.15) is 0 Å². The molecule has 0 aromatic rings. The van der Waals surface area contributed by atoms with E-state index in [1.165, 1.54) is 302 Å². The molecule has 0 radical (unpaired) electrons. The lowest BCUT2D eigenvalue weighted by molar-refractivity contribution is -0.161. The van der Waals surface area contributed by atoms with E-state index in [-0.39, 0.29) is 25.7 Å². The van der Waals surface area contributed by atoms with Gasteiger partial charge in [-0.3, -0.25) is 37.3 Å². The van der Waals surface area contributed by atoms with Gasteiger partial charge in [0.25, 0.3) is 0 Å². The number of hydrogen-bond donors (Lipinski definition) is 3. The first-order valence-corrected chi connectivity index (χ1v) is 49.5. The molecule has 648 valence electrons. The first-order valence-electron chi connectivity index (χ1n) is 46.5. The second-order valence-corrected chi connectivity index (χ2v) is 36.0. The summed E-state index contributed by atoms with van der Waals surface area (Å²) in [7, 11) is -9.93. The Labute approximate surface area is 670 Å². The molecule has 3 unspecified atom stereocenters. The molecule has 0 aromatic heterocycles. The lowest BCUT2D eigenvalue weighted by Crippen LogP contribution is -2.30. The molecule has 0 aliphatic heterocycles. The van der Waals surface area contributed by atoms with Crippen LogP contribution in [-0.2, 0) is 65.4 Å². The minimum atomic E-state index is -4.97. The van der Waals surface area contributed by atoms with E-state index in [9.17, 15) is 43.2 Å². The number of phosphoric ester groups is 2. The second-order valence-electron chi connectivity index (χ2n) is 33.1. The molecule has 0 heterocycles. The Balaban J connectivity index is 5.23. The molecule has 0 spiro atoms. The van der Waals surface area contributed by atoms with Gasteiger partial charge in [0.2, 0.25) is 0 Å². The zero-order valence-electron chi connectivity index (χ0n) is 71.9. The van der Waals surface area contributed by atoms with Gasteiger partial charge in [-0.15, -0.1) is 0 Å². The summed E-state index contributed by atoms with van der Waals surface area (Å²) in [6.45, 7) is 9.73. The van der Waals surface area contributed by atoms with Crippen molar-refractivity contribution in [2.45, 2.75) is 503 Å². The van der Waals surface area contributed by atoms with Crippen LogP contribution in [0.15, 0.2) is 0 Å². The standard InChI is InChI=1S/C90H176O17P2/c1-7-10-12-14-16-18-20-22-24-26-27-32-35-39-43-47-54-60-66-72-87(92)100-78-85(106-89(94)74-69-63-57-49-45-41-37-33-29-28-31-34-38-42-46-53-59-65-71-83(6)9-3)80-104-108(96,97)102-76-84(91)77-103-109(98,99)105-81-86(79-101-88(93)73-67-61-55-51-50-52-58-64-70-82(4)5)107-90(95)75-68-62-56-48-44-40-36-30-25-23-21-19-17-15-13-11-8-2/h82-86,91H,7-81H2,1-6H3,(H,96,97)(H,98,99)/t83?,84-,85-,86-/m1/s1. The number of phosphoric acid groups is 2. The van der Waals surface area contributed by atoms with Gasteiger partial charge in [0.15, 0.2) is 12.2 Å². The summed E-state index contributed by atoms with van der Waals surface area (Å²) in [5, 5.41) is 10.7. The fourth-order valence-electron chi connectivity index (χ4n) is 14.1. The molecule has 0 saturated heterocycles. The van der Waals surface area contributed by atoms with Gasteiger partial charge in [0.1, 0.15) is 19.3 Å². The van der Waals surface area contributed by atoms with E-state index < -0.39 is 97.5 Å². The number of carbonyl (C=O) groups is 4. The molecule has 0 rings (SSSR count). The molecule has 0 saturated carbocycles. The van der Waals surface area contributed by atoms with E-state index in [1.54, 1.807) is 0 Å². The van der Waals surface area contributed by atoms with Crippen molar-refractivity contribution in [3.05, 3.63) is 0 Å². The Morgan fingerprint density at radius 1 is 0.266 bits per heavy atom. The molecule has 0 fully saturated rings. The molecule has 0 bridgehead atoms. The molecule has 17 nitrogen and oxygen atoms in total. The second kappa shape index (κ2) is 81.2. The molecule has 6 atom stereocenters. The third kappa shape index (κ3) is 82.4. The van der Waals surface area contributed by atoms with Gasteiger partial charge in [0, 0.05) is 25.7 Å². The van der Waals surface area contributed by atoms with Gasteiger partial charge >= 0.3 is 39.5 Å². The molecule has 0 aliphatic carbocycles. The van der Waals surface area contributed by atoms with Crippen molar-refractivity contribution in [3.8, 4) is 0 Å².